The molecule has 0 spiro atoms. The highest BCUT2D eigenvalue weighted by Crippen LogP contribution is 2.25. The zero-order valence-corrected chi connectivity index (χ0v) is 20.3. The molecule has 2 aromatic carbocycles. The molecule has 1 aromatic heterocycles. The zero-order chi connectivity index (χ0) is 24.1. The fraction of sp³-hybridized carbons (Fsp3) is 0.407. The summed E-state index contributed by atoms with van der Waals surface area (Å²) < 4.78 is 7.46. The number of carbonyl (C=O) groups excluding carboxylic acids is 2. The van der Waals surface area contributed by atoms with Crippen LogP contribution in [0.15, 0.2) is 48.5 Å². The number of fused-ring (bicyclic) bond motifs is 1. The molecule has 7 nitrogen and oxygen atoms in total. The Labute approximate surface area is 201 Å². The first kappa shape index (κ1) is 24.0. The van der Waals surface area contributed by atoms with Crippen LogP contribution in [0, 0.1) is 12.8 Å². The van der Waals surface area contributed by atoms with Crippen LogP contribution in [0.5, 0.6) is 0 Å². The minimum Gasteiger partial charge on any atom is -0.379 e. The molecule has 3 aromatic rings. The molecule has 34 heavy (non-hydrogen) atoms. The van der Waals surface area contributed by atoms with Crippen LogP contribution in [0.4, 0.5) is 5.69 Å². The Hall–Kier alpha value is -3.16. The number of rotatable bonds is 8. The highest BCUT2D eigenvalue weighted by Gasteiger charge is 2.18. The topological polar surface area (TPSA) is 75.6 Å². The van der Waals surface area contributed by atoms with E-state index in [1.54, 1.807) is 0 Å². The van der Waals surface area contributed by atoms with Crippen LogP contribution in [-0.2, 0) is 16.1 Å². The maximum absolute atomic E-state index is 13.2. The summed E-state index contributed by atoms with van der Waals surface area (Å²) in [5, 5.41) is 6.97. The van der Waals surface area contributed by atoms with E-state index in [9.17, 15) is 9.59 Å². The van der Waals surface area contributed by atoms with Crippen molar-refractivity contribution in [1.29, 1.82) is 0 Å². The van der Waals surface area contributed by atoms with E-state index >= 15 is 0 Å². The fourth-order valence-electron chi connectivity index (χ4n) is 4.23. The van der Waals surface area contributed by atoms with E-state index in [4.69, 9.17) is 4.74 Å². The van der Waals surface area contributed by atoms with Crippen LogP contribution in [0.3, 0.4) is 0 Å². The summed E-state index contributed by atoms with van der Waals surface area (Å²) in [4.78, 5) is 27.7. The Morgan fingerprint density at radius 2 is 1.85 bits per heavy atom. The summed E-state index contributed by atoms with van der Waals surface area (Å²) in [6.45, 7) is 11.1. The van der Waals surface area contributed by atoms with Gasteiger partial charge in [-0.1, -0.05) is 43.7 Å². The summed E-state index contributed by atoms with van der Waals surface area (Å²) >= 11 is 0. The van der Waals surface area contributed by atoms with Gasteiger partial charge in [-0.3, -0.25) is 14.5 Å². The molecule has 4 rings (SSSR count). The first-order valence-electron chi connectivity index (χ1n) is 12.0. The van der Waals surface area contributed by atoms with Gasteiger partial charge in [-0.2, -0.15) is 0 Å². The number of nitrogens with zero attached hydrogens (tertiary/aromatic N) is 2. The summed E-state index contributed by atoms with van der Waals surface area (Å²) in [6.07, 6.45) is 0. The third-order valence-corrected chi connectivity index (χ3v) is 6.17. The van der Waals surface area contributed by atoms with Crippen LogP contribution in [0.2, 0.25) is 0 Å². The van der Waals surface area contributed by atoms with Gasteiger partial charge in [-0.25, -0.2) is 0 Å². The van der Waals surface area contributed by atoms with Crippen molar-refractivity contribution in [3.63, 3.8) is 0 Å². The molecular formula is C27H34N4O3. The van der Waals surface area contributed by atoms with Crippen molar-refractivity contribution < 1.29 is 14.3 Å². The summed E-state index contributed by atoms with van der Waals surface area (Å²) in [7, 11) is 0. The smallest absolute Gasteiger partial charge is 0.267 e. The molecule has 1 fully saturated rings. The number of carbonyl (C=O) groups is 2. The van der Waals surface area contributed by atoms with Gasteiger partial charge in [-0.05, 0) is 36.8 Å². The molecule has 0 aliphatic carbocycles. The van der Waals surface area contributed by atoms with E-state index in [0.717, 1.165) is 55.0 Å². The van der Waals surface area contributed by atoms with E-state index < -0.39 is 0 Å². The van der Waals surface area contributed by atoms with Crippen molar-refractivity contribution in [2.75, 3.05) is 44.7 Å². The second kappa shape index (κ2) is 10.8. The molecule has 1 saturated heterocycles. The largest absolute Gasteiger partial charge is 0.379 e. The highest BCUT2D eigenvalue weighted by molar-refractivity contribution is 6.00. The van der Waals surface area contributed by atoms with Crippen molar-refractivity contribution in [3.05, 3.63) is 65.4 Å². The van der Waals surface area contributed by atoms with Crippen LogP contribution < -0.4 is 10.6 Å². The average Bonchev–Trinajstić information content (AvgIpc) is 3.17. The van der Waals surface area contributed by atoms with Gasteiger partial charge in [0.05, 0.1) is 13.2 Å². The molecule has 2 heterocycles. The third-order valence-electron chi connectivity index (χ3n) is 6.17. The van der Waals surface area contributed by atoms with Crippen molar-refractivity contribution >= 4 is 28.4 Å². The van der Waals surface area contributed by atoms with Crippen LogP contribution >= 0.6 is 0 Å². The van der Waals surface area contributed by atoms with E-state index in [-0.39, 0.29) is 17.7 Å². The molecule has 180 valence electrons. The molecule has 2 N–H and O–H groups in total. The lowest BCUT2D eigenvalue weighted by molar-refractivity contribution is -0.118. The number of benzene rings is 2. The average molecular weight is 463 g/mol. The Balaban J connectivity index is 1.59. The van der Waals surface area contributed by atoms with Crippen LogP contribution in [0.1, 0.15) is 35.5 Å². The number of aryl methyl sites for hydroxylation is 1. The quantitative estimate of drug-likeness (QED) is 0.536. The highest BCUT2D eigenvalue weighted by atomic mass is 16.5. The number of hydrogen-bond donors (Lipinski definition) is 2. The normalized spacial score (nSPS) is 14.5. The summed E-state index contributed by atoms with van der Waals surface area (Å²) in [5.41, 5.74) is 4.63. The number of anilines is 1. The van der Waals surface area contributed by atoms with Crippen molar-refractivity contribution in [1.82, 2.24) is 14.8 Å². The second-order valence-corrected chi connectivity index (χ2v) is 9.23. The fourth-order valence-corrected chi connectivity index (χ4v) is 4.23. The van der Waals surface area contributed by atoms with Gasteiger partial charge in [0.25, 0.3) is 5.91 Å². The first-order chi connectivity index (χ1) is 16.4. The van der Waals surface area contributed by atoms with Crippen molar-refractivity contribution in [2.24, 2.45) is 5.92 Å². The van der Waals surface area contributed by atoms with Crippen molar-refractivity contribution in [3.8, 4) is 0 Å². The Bertz CT molecular complexity index is 1160. The maximum atomic E-state index is 13.2. The molecule has 1 aliphatic rings. The number of morpholine rings is 1. The monoisotopic (exact) mass is 462 g/mol. The lowest BCUT2D eigenvalue weighted by atomic mass is 10.1. The Kier molecular flexibility index (Phi) is 7.65. The van der Waals surface area contributed by atoms with Gasteiger partial charge >= 0.3 is 0 Å². The van der Waals surface area contributed by atoms with Gasteiger partial charge in [0, 0.05) is 55.2 Å². The van der Waals surface area contributed by atoms with Crippen LogP contribution in [0.25, 0.3) is 10.9 Å². The molecular weight excluding hydrogens is 428 g/mol. The molecule has 0 saturated carbocycles. The molecule has 7 heteroatoms. The maximum Gasteiger partial charge on any atom is 0.267 e. The Morgan fingerprint density at radius 3 is 2.59 bits per heavy atom. The van der Waals surface area contributed by atoms with Crippen molar-refractivity contribution in [2.45, 2.75) is 27.3 Å². The number of nitrogens with one attached hydrogen (secondary N) is 2. The standard InChI is InChI=1S/C27H34N4O3/c1-19(2)26(32)29-23-7-8-24-22(16-23)17-25(31(24)18-21-6-4-5-20(3)15-21)27(33)28-9-10-30-11-13-34-14-12-30/h4-8,15-17,19H,9-14,18H2,1-3H3,(H,28,33)(H,29,32). The van der Waals surface area contributed by atoms with Gasteiger partial charge < -0.3 is 19.9 Å². The molecule has 0 atom stereocenters. The minimum absolute atomic E-state index is 0.0281. The van der Waals surface area contributed by atoms with E-state index in [2.05, 4.69) is 45.2 Å². The van der Waals surface area contributed by atoms with Crippen LogP contribution in [-0.4, -0.2) is 60.7 Å². The molecule has 2 amide bonds. The number of hydrogen-bond acceptors (Lipinski definition) is 4. The first-order valence-corrected chi connectivity index (χ1v) is 12.0. The van der Waals surface area contributed by atoms with E-state index in [0.29, 0.717) is 18.8 Å². The Morgan fingerprint density at radius 1 is 1.06 bits per heavy atom. The minimum atomic E-state index is -0.102. The molecule has 0 radical (unpaired) electrons. The molecule has 0 bridgehead atoms. The van der Waals surface area contributed by atoms with Gasteiger partial charge in [0.2, 0.25) is 5.91 Å². The third kappa shape index (κ3) is 5.85. The van der Waals surface area contributed by atoms with E-state index in [1.807, 2.05) is 44.2 Å². The van der Waals surface area contributed by atoms with E-state index in [1.165, 1.54) is 5.56 Å². The molecule has 1 aliphatic heterocycles. The second-order valence-electron chi connectivity index (χ2n) is 9.23. The predicted octanol–water partition coefficient (Wildman–Crippen LogP) is 3.65. The molecule has 0 unspecified atom stereocenters. The van der Waals surface area contributed by atoms with Gasteiger partial charge in [-0.15, -0.1) is 0 Å². The number of ether oxygens (including phenoxy) is 1. The summed E-state index contributed by atoms with van der Waals surface area (Å²) in [5.74, 6) is -0.223. The van der Waals surface area contributed by atoms with Gasteiger partial charge in [0.1, 0.15) is 5.69 Å². The predicted molar refractivity (Wildman–Crippen MR) is 135 cm³/mol. The number of amides is 2. The zero-order valence-electron chi connectivity index (χ0n) is 20.3. The van der Waals surface area contributed by atoms with Gasteiger partial charge in [0.15, 0.2) is 0 Å². The number of aromatic nitrogens is 1. The summed E-state index contributed by atoms with van der Waals surface area (Å²) in [6, 6.07) is 16.1. The SMILES string of the molecule is Cc1cccc(Cn2c(C(=O)NCCN3CCOCC3)cc3cc(NC(=O)C(C)C)ccc32)c1. The lowest BCUT2D eigenvalue weighted by Crippen LogP contribution is -2.41. The lowest BCUT2D eigenvalue weighted by Gasteiger charge is -2.26.